The molecule has 0 aromatic rings. The molecule has 0 aliphatic heterocycles. The van der Waals surface area contributed by atoms with Crippen LogP contribution in [0.25, 0.3) is 0 Å². The van der Waals surface area contributed by atoms with Gasteiger partial charge >= 0.3 is 0 Å². The van der Waals surface area contributed by atoms with Crippen molar-refractivity contribution in [2.45, 2.75) is 20.3 Å². The van der Waals surface area contributed by atoms with Gasteiger partial charge in [0.1, 0.15) is 0 Å². The molecule has 0 atom stereocenters. The fourth-order valence-electron chi connectivity index (χ4n) is 0.820. The maximum absolute atomic E-state index is 8.45. The van der Waals surface area contributed by atoms with E-state index in [1.807, 2.05) is 21.0 Å². The lowest BCUT2D eigenvalue weighted by Crippen LogP contribution is -2.14. The van der Waals surface area contributed by atoms with Crippen molar-refractivity contribution in [3.63, 3.8) is 0 Å². The van der Waals surface area contributed by atoms with Gasteiger partial charge in [-0.05, 0) is 40.9 Å². The highest BCUT2D eigenvalue weighted by atomic mass is 16.4. The van der Waals surface area contributed by atoms with Crippen LogP contribution in [0.5, 0.6) is 0 Å². The maximum Gasteiger partial charge on any atom is 0.0971 e. The molecule has 4 heteroatoms. The number of nitrogens with zero attached hydrogens (tertiary/aromatic N) is 3. The molecule has 0 amide bonds. The molecule has 0 aliphatic carbocycles. The summed E-state index contributed by atoms with van der Waals surface area (Å²) in [4.78, 5) is 6.39. The minimum Gasteiger partial charge on any atom is -0.411 e. The van der Waals surface area contributed by atoms with Gasteiger partial charge in [0.25, 0.3) is 0 Å². The van der Waals surface area contributed by atoms with E-state index in [9.17, 15) is 0 Å². The summed E-state index contributed by atoms with van der Waals surface area (Å²) in [6.45, 7) is 5.42. The van der Waals surface area contributed by atoms with Gasteiger partial charge in [-0.25, -0.2) is 0 Å². The van der Waals surface area contributed by atoms with Crippen LogP contribution in [0.4, 0.5) is 0 Å². The Labute approximate surface area is 80.0 Å². The van der Waals surface area contributed by atoms with Crippen molar-refractivity contribution in [2.24, 2.45) is 10.1 Å². The number of hydrogen-bond acceptors (Lipinski definition) is 4. The highest BCUT2D eigenvalue weighted by Crippen LogP contribution is 1.88. The molecule has 0 unspecified atom stereocenters. The lowest BCUT2D eigenvalue weighted by molar-refractivity contribution is 0.320. The average molecular weight is 185 g/mol. The molecular weight excluding hydrogens is 166 g/mol. The minimum atomic E-state index is 0.588. The van der Waals surface area contributed by atoms with Gasteiger partial charge in [-0.15, -0.1) is 0 Å². The van der Waals surface area contributed by atoms with Crippen molar-refractivity contribution in [3.8, 4) is 0 Å². The van der Waals surface area contributed by atoms with Crippen LogP contribution in [0.3, 0.4) is 0 Å². The van der Waals surface area contributed by atoms with E-state index in [1.54, 1.807) is 6.92 Å². The summed E-state index contributed by atoms with van der Waals surface area (Å²) < 4.78 is 0. The molecule has 0 aliphatic rings. The molecule has 0 spiro atoms. The number of oxime groups is 1. The third-order valence-corrected chi connectivity index (χ3v) is 1.79. The molecule has 0 bridgehead atoms. The molecule has 0 rings (SSSR count). The fourth-order valence-corrected chi connectivity index (χ4v) is 0.820. The van der Waals surface area contributed by atoms with Gasteiger partial charge in [0.2, 0.25) is 0 Å². The first-order valence-electron chi connectivity index (χ1n) is 4.42. The van der Waals surface area contributed by atoms with Crippen LogP contribution in [0.15, 0.2) is 10.1 Å². The van der Waals surface area contributed by atoms with E-state index >= 15 is 0 Å². The van der Waals surface area contributed by atoms with E-state index in [0.29, 0.717) is 5.71 Å². The molecule has 76 valence electrons. The van der Waals surface area contributed by atoms with Crippen LogP contribution >= 0.6 is 0 Å². The van der Waals surface area contributed by atoms with E-state index in [1.165, 1.54) is 0 Å². The second-order valence-electron chi connectivity index (χ2n) is 3.31. The normalized spacial score (nSPS) is 13.9. The van der Waals surface area contributed by atoms with Crippen LogP contribution in [0.1, 0.15) is 20.3 Å². The first kappa shape index (κ1) is 12.1. The molecule has 0 heterocycles. The maximum atomic E-state index is 8.45. The minimum absolute atomic E-state index is 0.588. The van der Waals surface area contributed by atoms with E-state index in [2.05, 4.69) is 15.0 Å². The molecule has 0 saturated carbocycles. The van der Waals surface area contributed by atoms with Crippen molar-refractivity contribution in [1.29, 1.82) is 0 Å². The Morgan fingerprint density at radius 2 is 1.85 bits per heavy atom. The second-order valence-corrected chi connectivity index (χ2v) is 3.31. The van der Waals surface area contributed by atoms with Crippen LogP contribution in [-0.2, 0) is 0 Å². The second kappa shape index (κ2) is 6.60. The Kier molecular flexibility index (Phi) is 6.14. The Morgan fingerprint density at radius 1 is 1.23 bits per heavy atom. The summed E-state index contributed by atoms with van der Waals surface area (Å²) in [5.41, 5.74) is 1.39. The zero-order valence-corrected chi connectivity index (χ0v) is 8.91. The Hall–Kier alpha value is -0.900. The molecule has 1 N–H and O–H groups in total. The molecule has 0 fully saturated rings. The predicted octanol–water partition coefficient (Wildman–Crippen LogP) is 1.25. The summed E-state index contributed by atoms with van der Waals surface area (Å²) >= 11 is 0. The third-order valence-electron chi connectivity index (χ3n) is 1.79. The third kappa shape index (κ3) is 6.28. The monoisotopic (exact) mass is 185 g/mol. The molecule has 0 radical (unpaired) electrons. The smallest absolute Gasteiger partial charge is 0.0971 e. The lowest BCUT2D eigenvalue weighted by Gasteiger charge is -2.07. The highest BCUT2D eigenvalue weighted by molar-refractivity contribution is 6.40. The quantitative estimate of drug-likeness (QED) is 0.303. The zero-order chi connectivity index (χ0) is 10.3. The lowest BCUT2D eigenvalue weighted by atomic mass is 10.3. The van der Waals surface area contributed by atoms with Gasteiger partial charge in [0.05, 0.1) is 11.4 Å². The summed E-state index contributed by atoms with van der Waals surface area (Å²) in [5.74, 6) is 0. The van der Waals surface area contributed by atoms with E-state index < -0.39 is 0 Å². The van der Waals surface area contributed by atoms with Gasteiger partial charge in [-0.1, -0.05) is 5.16 Å². The molecular formula is C9H19N3O. The summed E-state index contributed by atoms with van der Waals surface area (Å²) in [5, 5.41) is 11.5. The zero-order valence-electron chi connectivity index (χ0n) is 8.91. The molecule has 0 aromatic heterocycles. The van der Waals surface area contributed by atoms with Gasteiger partial charge < -0.3 is 10.1 Å². The van der Waals surface area contributed by atoms with Gasteiger partial charge in [0, 0.05) is 6.54 Å². The van der Waals surface area contributed by atoms with Crippen molar-refractivity contribution in [2.75, 3.05) is 27.2 Å². The first-order valence-corrected chi connectivity index (χ1v) is 4.42. The summed E-state index contributed by atoms with van der Waals surface area (Å²) in [7, 11) is 4.08. The fraction of sp³-hybridized carbons (Fsp3) is 0.778. The highest BCUT2D eigenvalue weighted by Gasteiger charge is 1.95. The largest absolute Gasteiger partial charge is 0.411 e. The molecule has 0 saturated heterocycles. The number of rotatable bonds is 5. The summed E-state index contributed by atoms with van der Waals surface area (Å²) in [6.07, 6.45) is 1.03. The number of aliphatic imine (C=N–C) groups is 1. The standard InChI is InChI=1S/C9H19N3O/c1-8(9(2)11-13)10-6-5-7-12(3)4/h13H,5-7H2,1-4H3/b10-8?,11-9-. The van der Waals surface area contributed by atoms with Gasteiger partial charge in [-0.3, -0.25) is 4.99 Å². The first-order chi connectivity index (χ1) is 6.07. The van der Waals surface area contributed by atoms with Crippen LogP contribution in [-0.4, -0.2) is 48.7 Å². The molecule has 0 aromatic carbocycles. The average Bonchev–Trinajstić information content (AvgIpc) is 2.10. The predicted molar refractivity (Wildman–Crippen MR) is 56.0 cm³/mol. The molecule has 4 nitrogen and oxygen atoms in total. The van der Waals surface area contributed by atoms with Crippen LogP contribution < -0.4 is 0 Å². The van der Waals surface area contributed by atoms with Crippen molar-refractivity contribution >= 4 is 11.4 Å². The van der Waals surface area contributed by atoms with E-state index in [4.69, 9.17) is 5.21 Å². The van der Waals surface area contributed by atoms with Crippen LogP contribution in [0.2, 0.25) is 0 Å². The van der Waals surface area contributed by atoms with E-state index in [-0.39, 0.29) is 0 Å². The van der Waals surface area contributed by atoms with Gasteiger partial charge in [-0.2, -0.15) is 0 Å². The Morgan fingerprint density at radius 3 is 2.31 bits per heavy atom. The Bertz CT molecular complexity index is 197. The van der Waals surface area contributed by atoms with Crippen LogP contribution in [0, 0.1) is 0 Å². The van der Waals surface area contributed by atoms with Gasteiger partial charge in [0.15, 0.2) is 0 Å². The van der Waals surface area contributed by atoms with E-state index in [0.717, 1.165) is 25.2 Å². The summed E-state index contributed by atoms with van der Waals surface area (Å²) in [6, 6.07) is 0. The van der Waals surface area contributed by atoms with Crippen molar-refractivity contribution < 1.29 is 5.21 Å². The van der Waals surface area contributed by atoms with Crippen molar-refractivity contribution in [3.05, 3.63) is 0 Å². The SMILES string of the molecule is CC(=NCCCN(C)C)/C(C)=N\O. The Balaban J connectivity index is 3.72. The number of hydrogen-bond donors (Lipinski definition) is 1. The topological polar surface area (TPSA) is 48.2 Å². The molecule has 13 heavy (non-hydrogen) atoms. The van der Waals surface area contributed by atoms with Crippen molar-refractivity contribution in [1.82, 2.24) is 4.90 Å².